The van der Waals surface area contributed by atoms with Crippen molar-refractivity contribution >= 4 is 22.4 Å². The summed E-state index contributed by atoms with van der Waals surface area (Å²) in [7, 11) is 0. The van der Waals surface area contributed by atoms with Crippen LogP contribution >= 0.6 is 11.3 Å². The van der Waals surface area contributed by atoms with Crippen LogP contribution in [0.1, 0.15) is 37.6 Å². The molecule has 0 aromatic carbocycles. The van der Waals surface area contributed by atoms with Crippen LogP contribution < -0.4 is 5.32 Å². The number of anilines is 1. The monoisotopic (exact) mass is 251 g/mol. The van der Waals surface area contributed by atoms with Crippen LogP contribution in [0.4, 0.5) is 5.13 Å². The van der Waals surface area contributed by atoms with Gasteiger partial charge < -0.3 is 5.32 Å². The molecule has 0 saturated heterocycles. The molecule has 1 aromatic heterocycles. The third-order valence-corrected chi connectivity index (χ3v) is 5.06. The molecule has 1 N–H and O–H groups in total. The Morgan fingerprint density at radius 2 is 2.29 bits per heavy atom. The van der Waals surface area contributed by atoms with Gasteiger partial charge in [-0.1, -0.05) is 24.7 Å². The number of hydrogen-bond acceptors (Lipinski definition) is 4. The van der Waals surface area contributed by atoms with Crippen LogP contribution in [0.5, 0.6) is 0 Å². The molecule has 1 aromatic rings. The SMILES string of the molecule is CCc1nnc(NC(=O)[C@@H]2C[C@H]3CC[C@H]2C3)s1. The summed E-state index contributed by atoms with van der Waals surface area (Å²) < 4.78 is 0. The van der Waals surface area contributed by atoms with E-state index in [1.165, 1.54) is 30.6 Å². The Balaban J connectivity index is 1.63. The van der Waals surface area contributed by atoms with E-state index in [2.05, 4.69) is 15.5 Å². The maximum absolute atomic E-state index is 12.1. The van der Waals surface area contributed by atoms with Gasteiger partial charge in [-0.05, 0) is 37.5 Å². The van der Waals surface area contributed by atoms with E-state index in [0.29, 0.717) is 11.0 Å². The van der Waals surface area contributed by atoms with Crippen molar-refractivity contribution in [2.45, 2.75) is 39.0 Å². The molecule has 2 aliphatic carbocycles. The van der Waals surface area contributed by atoms with Crippen LogP contribution in [0.3, 0.4) is 0 Å². The molecule has 1 amide bonds. The first-order valence-corrected chi connectivity index (χ1v) is 7.21. The van der Waals surface area contributed by atoms with Crippen molar-refractivity contribution in [3.63, 3.8) is 0 Å². The van der Waals surface area contributed by atoms with Crippen molar-refractivity contribution in [1.82, 2.24) is 10.2 Å². The average molecular weight is 251 g/mol. The molecule has 17 heavy (non-hydrogen) atoms. The summed E-state index contributed by atoms with van der Waals surface area (Å²) in [6.45, 7) is 2.04. The Labute approximate surface area is 105 Å². The highest BCUT2D eigenvalue weighted by Crippen LogP contribution is 2.48. The summed E-state index contributed by atoms with van der Waals surface area (Å²) >= 11 is 1.49. The van der Waals surface area contributed by atoms with Crippen molar-refractivity contribution in [2.75, 3.05) is 5.32 Å². The van der Waals surface area contributed by atoms with Crippen LogP contribution in [0.25, 0.3) is 0 Å². The fourth-order valence-corrected chi connectivity index (χ4v) is 3.89. The summed E-state index contributed by atoms with van der Waals surface area (Å²) in [5.41, 5.74) is 0. The van der Waals surface area contributed by atoms with Crippen molar-refractivity contribution in [3.8, 4) is 0 Å². The van der Waals surface area contributed by atoms with Gasteiger partial charge in [0.15, 0.2) is 0 Å². The van der Waals surface area contributed by atoms with E-state index in [4.69, 9.17) is 0 Å². The number of hydrogen-bond donors (Lipinski definition) is 1. The van der Waals surface area contributed by atoms with Crippen LogP contribution in [0.2, 0.25) is 0 Å². The van der Waals surface area contributed by atoms with Crippen molar-refractivity contribution in [1.29, 1.82) is 0 Å². The fraction of sp³-hybridized carbons (Fsp3) is 0.750. The van der Waals surface area contributed by atoms with E-state index in [1.807, 2.05) is 6.92 Å². The summed E-state index contributed by atoms with van der Waals surface area (Å²) in [6, 6.07) is 0. The van der Waals surface area contributed by atoms with Crippen molar-refractivity contribution in [3.05, 3.63) is 5.01 Å². The molecule has 4 nitrogen and oxygen atoms in total. The lowest BCUT2D eigenvalue weighted by Crippen LogP contribution is -2.27. The van der Waals surface area contributed by atoms with Gasteiger partial charge >= 0.3 is 0 Å². The Hall–Kier alpha value is -0.970. The zero-order valence-corrected chi connectivity index (χ0v) is 10.8. The Bertz CT molecular complexity index is 431. The first-order valence-electron chi connectivity index (χ1n) is 6.39. The van der Waals surface area contributed by atoms with E-state index < -0.39 is 0 Å². The Kier molecular flexibility index (Phi) is 2.86. The van der Waals surface area contributed by atoms with Gasteiger partial charge in [0.1, 0.15) is 5.01 Å². The lowest BCUT2D eigenvalue weighted by molar-refractivity contribution is -0.121. The lowest BCUT2D eigenvalue weighted by atomic mass is 9.88. The molecule has 2 fully saturated rings. The zero-order valence-electron chi connectivity index (χ0n) is 9.98. The second-order valence-corrected chi connectivity index (χ2v) is 6.19. The van der Waals surface area contributed by atoms with Crippen LogP contribution in [0.15, 0.2) is 0 Å². The molecule has 2 bridgehead atoms. The van der Waals surface area contributed by atoms with E-state index in [-0.39, 0.29) is 11.8 Å². The second-order valence-electron chi connectivity index (χ2n) is 5.13. The molecule has 0 unspecified atom stereocenters. The van der Waals surface area contributed by atoms with Gasteiger partial charge in [-0.3, -0.25) is 4.79 Å². The highest BCUT2D eigenvalue weighted by molar-refractivity contribution is 7.15. The molecular formula is C12H17N3OS. The zero-order chi connectivity index (χ0) is 11.8. The van der Waals surface area contributed by atoms with Crippen LogP contribution in [0, 0.1) is 17.8 Å². The number of rotatable bonds is 3. The minimum absolute atomic E-state index is 0.163. The van der Waals surface area contributed by atoms with E-state index in [9.17, 15) is 4.79 Å². The van der Waals surface area contributed by atoms with E-state index >= 15 is 0 Å². The van der Waals surface area contributed by atoms with Crippen molar-refractivity contribution in [2.24, 2.45) is 17.8 Å². The third-order valence-electron chi connectivity index (χ3n) is 4.07. The van der Waals surface area contributed by atoms with E-state index in [1.54, 1.807) is 0 Å². The smallest absolute Gasteiger partial charge is 0.229 e. The summed E-state index contributed by atoms with van der Waals surface area (Å²) in [5.74, 6) is 1.81. The van der Waals surface area contributed by atoms with Crippen LogP contribution in [-0.2, 0) is 11.2 Å². The molecule has 1 heterocycles. The summed E-state index contributed by atoms with van der Waals surface area (Å²) in [5, 5.41) is 12.6. The summed E-state index contributed by atoms with van der Waals surface area (Å²) in [6.07, 6.45) is 5.78. The first-order chi connectivity index (χ1) is 8.26. The molecule has 0 radical (unpaired) electrons. The highest BCUT2D eigenvalue weighted by Gasteiger charge is 2.43. The standard InChI is InChI=1S/C12H17N3OS/c1-2-10-14-15-12(17-10)13-11(16)9-6-7-3-4-8(9)5-7/h7-9H,2-6H2,1H3,(H,13,15,16)/t7-,8-,9+/m0/s1. The quantitative estimate of drug-likeness (QED) is 0.898. The second kappa shape index (κ2) is 4.37. The molecule has 3 atom stereocenters. The Morgan fingerprint density at radius 1 is 1.41 bits per heavy atom. The normalized spacial score (nSPS) is 30.8. The number of aromatic nitrogens is 2. The highest BCUT2D eigenvalue weighted by atomic mass is 32.1. The van der Waals surface area contributed by atoms with Crippen molar-refractivity contribution < 1.29 is 4.79 Å². The minimum atomic E-state index is 0.163. The number of fused-ring (bicyclic) bond motifs is 2. The Morgan fingerprint density at radius 3 is 2.88 bits per heavy atom. The summed E-state index contributed by atoms with van der Waals surface area (Å²) in [4.78, 5) is 12.1. The predicted octanol–water partition coefficient (Wildman–Crippen LogP) is 2.48. The van der Waals surface area contributed by atoms with Gasteiger partial charge in [-0.25, -0.2) is 0 Å². The molecule has 0 aliphatic heterocycles. The predicted molar refractivity (Wildman–Crippen MR) is 66.9 cm³/mol. The minimum Gasteiger partial charge on any atom is -0.300 e. The maximum Gasteiger partial charge on any atom is 0.229 e. The fourth-order valence-electron chi connectivity index (χ4n) is 3.21. The van der Waals surface area contributed by atoms with E-state index in [0.717, 1.165) is 23.8 Å². The topological polar surface area (TPSA) is 54.9 Å². The third kappa shape index (κ3) is 2.08. The molecule has 2 aliphatic rings. The van der Waals surface area contributed by atoms with Crippen LogP contribution in [-0.4, -0.2) is 16.1 Å². The lowest BCUT2D eigenvalue weighted by Gasteiger charge is -2.19. The van der Waals surface area contributed by atoms with Gasteiger partial charge in [0.2, 0.25) is 11.0 Å². The average Bonchev–Trinajstić information content (AvgIpc) is 3.04. The van der Waals surface area contributed by atoms with Gasteiger partial charge in [0, 0.05) is 5.92 Å². The largest absolute Gasteiger partial charge is 0.300 e. The van der Waals surface area contributed by atoms with Gasteiger partial charge in [0.05, 0.1) is 0 Å². The molecule has 2 saturated carbocycles. The van der Waals surface area contributed by atoms with Gasteiger partial charge in [-0.2, -0.15) is 0 Å². The van der Waals surface area contributed by atoms with Gasteiger partial charge in [0.25, 0.3) is 0 Å². The number of amides is 1. The van der Waals surface area contributed by atoms with Gasteiger partial charge in [-0.15, -0.1) is 10.2 Å². The molecule has 92 valence electrons. The number of aryl methyl sites for hydroxylation is 1. The molecule has 3 rings (SSSR count). The molecular weight excluding hydrogens is 234 g/mol. The number of nitrogens with one attached hydrogen (secondary N) is 1. The maximum atomic E-state index is 12.1. The number of carbonyl (C=O) groups excluding carboxylic acids is 1. The number of nitrogens with zero attached hydrogens (tertiary/aromatic N) is 2. The first kappa shape index (κ1) is 11.1. The molecule has 5 heteroatoms. The molecule has 0 spiro atoms. The number of carbonyl (C=O) groups is 1.